The molecule has 0 aromatic heterocycles. The van der Waals surface area contributed by atoms with Gasteiger partial charge in [-0.15, -0.1) is 0 Å². The van der Waals surface area contributed by atoms with Crippen LogP contribution in [0.25, 0.3) is 0 Å². The summed E-state index contributed by atoms with van der Waals surface area (Å²) in [5.41, 5.74) is 5.48. The normalized spacial score (nSPS) is 23.8. The Morgan fingerprint density at radius 3 is 3.00 bits per heavy atom. The zero-order valence-corrected chi connectivity index (χ0v) is 6.94. The largest absolute Gasteiger partial charge is 0.478 e. The summed E-state index contributed by atoms with van der Waals surface area (Å²) < 4.78 is 0. The van der Waals surface area contributed by atoms with Crippen molar-refractivity contribution in [2.75, 3.05) is 19.6 Å². The zero-order chi connectivity index (χ0) is 8.97. The Morgan fingerprint density at radius 1 is 1.75 bits per heavy atom. The number of carbonyl (C=O) groups is 1. The van der Waals surface area contributed by atoms with Crippen LogP contribution in [-0.2, 0) is 4.79 Å². The molecule has 0 aliphatic carbocycles. The van der Waals surface area contributed by atoms with Crippen LogP contribution in [-0.4, -0.2) is 35.6 Å². The smallest absolute Gasteiger partial charge is 0.329 e. The van der Waals surface area contributed by atoms with Crippen LogP contribution >= 0.6 is 0 Å². The van der Waals surface area contributed by atoms with E-state index in [9.17, 15) is 4.79 Å². The summed E-state index contributed by atoms with van der Waals surface area (Å²) in [6, 6.07) is 0. The minimum atomic E-state index is -0.897. The summed E-state index contributed by atoms with van der Waals surface area (Å²) in [7, 11) is 0. The third-order valence-electron chi connectivity index (χ3n) is 2.08. The summed E-state index contributed by atoms with van der Waals surface area (Å²) in [6.07, 6.45) is 3.86. The van der Waals surface area contributed by atoms with Gasteiger partial charge >= 0.3 is 5.97 Å². The van der Waals surface area contributed by atoms with Gasteiger partial charge in [0.1, 0.15) is 0 Å². The average molecular weight is 170 g/mol. The quantitative estimate of drug-likeness (QED) is 0.579. The van der Waals surface area contributed by atoms with Gasteiger partial charge in [-0.3, -0.25) is 0 Å². The number of aliphatic carboxylic acids is 1. The second-order valence-corrected chi connectivity index (χ2v) is 3.04. The highest BCUT2D eigenvalue weighted by atomic mass is 16.4. The van der Waals surface area contributed by atoms with Crippen molar-refractivity contribution in [2.24, 2.45) is 11.7 Å². The maximum atomic E-state index is 10.2. The molecule has 0 amide bonds. The molecule has 0 bridgehead atoms. The third-order valence-corrected chi connectivity index (χ3v) is 2.08. The molecular formula is C8H14N2O2. The van der Waals surface area contributed by atoms with E-state index < -0.39 is 5.97 Å². The molecule has 1 fully saturated rings. The minimum Gasteiger partial charge on any atom is -0.478 e. The van der Waals surface area contributed by atoms with Gasteiger partial charge in [0.05, 0.1) is 0 Å². The van der Waals surface area contributed by atoms with Gasteiger partial charge in [0.2, 0.25) is 0 Å². The molecule has 0 saturated carbocycles. The van der Waals surface area contributed by atoms with Gasteiger partial charge in [-0.05, 0) is 18.9 Å². The molecule has 4 nitrogen and oxygen atoms in total. The molecule has 68 valence electrons. The summed E-state index contributed by atoms with van der Waals surface area (Å²) in [5, 5.41) is 8.36. The van der Waals surface area contributed by atoms with Gasteiger partial charge in [-0.2, -0.15) is 0 Å². The molecule has 1 heterocycles. The number of nitrogens with two attached hydrogens (primary N) is 1. The third kappa shape index (κ3) is 2.54. The fourth-order valence-corrected chi connectivity index (χ4v) is 1.36. The zero-order valence-electron chi connectivity index (χ0n) is 6.94. The molecule has 1 aliphatic rings. The lowest BCUT2D eigenvalue weighted by molar-refractivity contribution is -0.131. The highest BCUT2D eigenvalue weighted by Gasteiger charge is 2.18. The van der Waals surface area contributed by atoms with Crippen molar-refractivity contribution in [3.05, 3.63) is 12.3 Å². The van der Waals surface area contributed by atoms with E-state index in [1.54, 1.807) is 6.20 Å². The van der Waals surface area contributed by atoms with Crippen LogP contribution in [0.15, 0.2) is 12.3 Å². The lowest BCUT2D eigenvalue weighted by Crippen LogP contribution is -2.18. The van der Waals surface area contributed by atoms with E-state index >= 15 is 0 Å². The summed E-state index contributed by atoms with van der Waals surface area (Å²) in [5.74, 6) is -0.366. The highest BCUT2D eigenvalue weighted by molar-refractivity contribution is 5.79. The number of hydrogen-bond donors (Lipinski definition) is 2. The van der Waals surface area contributed by atoms with E-state index in [2.05, 4.69) is 0 Å². The van der Waals surface area contributed by atoms with E-state index in [1.807, 2.05) is 4.90 Å². The average Bonchev–Trinajstić information content (AvgIpc) is 2.48. The predicted octanol–water partition coefficient (Wildman–Crippen LogP) is -0.135. The second-order valence-electron chi connectivity index (χ2n) is 3.04. The van der Waals surface area contributed by atoms with Crippen molar-refractivity contribution >= 4 is 5.97 Å². The summed E-state index contributed by atoms with van der Waals surface area (Å²) in [6.45, 7) is 2.50. The van der Waals surface area contributed by atoms with Crippen molar-refractivity contribution in [3.63, 3.8) is 0 Å². The van der Waals surface area contributed by atoms with E-state index in [4.69, 9.17) is 10.8 Å². The van der Waals surface area contributed by atoms with Crippen LogP contribution in [0.2, 0.25) is 0 Å². The SMILES string of the molecule is NCC1CCN(/C=C/C(=O)O)C1. The predicted molar refractivity (Wildman–Crippen MR) is 45.5 cm³/mol. The first-order chi connectivity index (χ1) is 5.72. The molecule has 0 spiro atoms. The monoisotopic (exact) mass is 170 g/mol. The Bertz CT molecular complexity index is 191. The van der Waals surface area contributed by atoms with Crippen LogP contribution < -0.4 is 5.73 Å². The van der Waals surface area contributed by atoms with Crippen LogP contribution in [0.5, 0.6) is 0 Å². The van der Waals surface area contributed by atoms with Crippen molar-refractivity contribution in [1.29, 1.82) is 0 Å². The first-order valence-electron chi connectivity index (χ1n) is 4.07. The molecule has 4 heteroatoms. The first-order valence-corrected chi connectivity index (χ1v) is 4.07. The molecule has 1 unspecified atom stereocenters. The molecule has 3 N–H and O–H groups in total. The fraction of sp³-hybridized carbons (Fsp3) is 0.625. The molecule has 0 aromatic carbocycles. The van der Waals surface area contributed by atoms with Gasteiger partial charge < -0.3 is 15.7 Å². The van der Waals surface area contributed by atoms with E-state index in [0.717, 1.165) is 19.5 Å². The second kappa shape index (κ2) is 4.11. The standard InChI is InChI=1S/C8H14N2O2/c9-5-7-1-3-10(6-7)4-2-8(11)12/h2,4,7H,1,3,5-6,9H2,(H,11,12)/b4-2+. The van der Waals surface area contributed by atoms with Crippen molar-refractivity contribution < 1.29 is 9.90 Å². The Kier molecular flexibility index (Phi) is 3.10. The van der Waals surface area contributed by atoms with Gasteiger partial charge in [-0.25, -0.2) is 4.79 Å². The van der Waals surface area contributed by atoms with Crippen molar-refractivity contribution in [1.82, 2.24) is 4.90 Å². The van der Waals surface area contributed by atoms with E-state index in [-0.39, 0.29) is 0 Å². The van der Waals surface area contributed by atoms with Gasteiger partial charge in [0.15, 0.2) is 0 Å². The van der Waals surface area contributed by atoms with Crippen LogP contribution in [0, 0.1) is 5.92 Å². The Morgan fingerprint density at radius 2 is 2.50 bits per heavy atom. The molecule has 1 aliphatic heterocycles. The van der Waals surface area contributed by atoms with Crippen LogP contribution in [0.4, 0.5) is 0 Å². The molecule has 12 heavy (non-hydrogen) atoms. The highest BCUT2D eigenvalue weighted by Crippen LogP contribution is 2.14. The number of likely N-dealkylation sites (tertiary alicyclic amines) is 1. The molecule has 0 aromatic rings. The van der Waals surface area contributed by atoms with Gasteiger partial charge in [-0.1, -0.05) is 0 Å². The lowest BCUT2D eigenvalue weighted by Gasteiger charge is -2.11. The van der Waals surface area contributed by atoms with Crippen LogP contribution in [0.1, 0.15) is 6.42 Å². The maximum Gasteiger partial charge on any atom is 0.329 e. The molecular weight excluding hydrogens is 156 g/mol. The van der Waals surface area contributed by atoms with Gasteiger partial charge in [0.25, 0.3) is 0 Å². The van der Waals surface area contributed by atoms with Crippen molar-refractivity contribution in [2.45, 2.75) is 6.42 Å². The Labute approximate surface area is 71.7 Å². The van der Waals surface area contributed by atoms with Gasteiger partial charge in [0, 0.05) is 25.4 Å². The number of carboxylic acid groups (broad SMARTS) is 1. The van der Waals surface area contributed by atoms with Crippen LogP contribution in [0.3, 0.4) is 0 Å². The Hall–Kier alpha value is -1.03. The fourth-order valence-electron chi connectivity index (χ4n) is 1.36. The molecule has 0 radical (unpaired) electrons. The topological polar surface area (TPSA) is 66.6 Å². The maximum absolute atomic E-state index is 10.2. The number of hydrogen-bond acceptors (Lipinski definition) is 3. The molecule has 1 atom stereocenters. The van der Waals surface area contributed by atoms with Crippen molar-refractivity contribution in [3.8, 4) is 0 Å². The van der Waals surface area contributed by atoms with E-state index in [1.165, 1.54) is 6.08 Å². The number of rotatable bonds is 3. The lowest BCUT2D eigenvalue weighted by atomic mass is 10.1. The summed E-state index contributed by atoms with van der Waals surface area (Å²) in [4.78, 5) is 12.2. The molecule has 1 saturated heterocycles. The number of carboxylic acids is 1. The van der Waals surface area contributed by atoms with E-state index in [0.29, 0.717) is 12.5 Å². The number of nitrogens with zero attached hydrogens (tertiary/aromatic N) is 1. The Balaban J connectivity index is 2.32. The summed E-state index contributed by atoms with van der Waals surface area (Å²) >= 11 is 0. The minimum absolute atomic E-state index is 0.531. The molecule has 1 rings (SSSR count). The first kappa shape index (κ1) is 9.06.